The Kier molecular flexibility index (Phi) is 17.2. The van der Waals surface area contributed by atoms with Crippen molar-refractivity contribution >= 4 is 0 Å². The second-order valence-corrected chi connectivity index (χ2v) is 23.4. The maximum atomic E-state index is 4.56. The molecule has 0 spiro atoms. The Labute approximate surface area is 558 Å². The summed E-state index contributed by atoms with van der Waals surface area (Å²) in [7, 11) is 0. The molecular formula is C88H60N8. The van der Waals surface area contributed by atoms with Crippen LogP contribution in [0.4, 0.5) is 0 Å². The average molecular weight is 1230 g/mol. The number of rotatable bonds is 14. The second kappa shape index (κ2) is 27.8. The largest absolute Gasteiger partial charge is 0.265 e. The van der Waals surface area contributed by atoms with Crippen molar-refractivity contribution in [2.45, 2.75) is 0 Å². The molecule has 16 aromatic rings. The van der Waals surface area contributed by atoms with E-state index >= 15 is 0 Å². The lowest BCUT2D eigenvalue weighted by molar-refractivity contribution is 1.17. The number of nitrogens with zero attached hydrogens (tertiary/aromatic N) is 8. The second-order valence-electron chi connectivity index (χ2n) is 23.4. The normalized spacial score (nSPS) is 10.9. The first kappa shape index (κ1) is 59.3. The zero-order valence-corrected chi connectivity index (χ0v) is 52.2. The molecule has 5 aromatic heterocycles. The van der Waals surface area contributed by atoms with Crippen LogP contribution in [0, 0.1) is 0 Å². The summed E-state index contributed by atoms with van der Waals surface area (Å²) >= 11 is 0. The molecule has 0 aliphatic carbocycles. The van der Waals surface area contributed by atoms with E-state index in [4.69, 9.17) is 0 Å². The van der Waals surface area contributed by atoms with E-state index in [1.54, 1.807) is 19.0 Å². The highest BCUT2D eigenvalue weighted by Gasteiger charge is 2.15. The molecule has 0 radical (unpaired) electrons. The van der Waals surface area contributed by atoms with E-state index in [1.165, 1.54) is 38.9 Å². The van der Waals surface area contributed by atoms with Crippen LogP contribution in [0.5, 0.6) is 0 Å². The number of aromatic nitrogens is 8. The summed E-state index contributed by atoms with van der Waals surface area (Å²) < 4.78 is 0. The van der Waals surface area contributed by atoms with Gasteiger partial charge in [0, 0.05) is 78.0 Å². The van der Waals surface area contributed by atoms with E-state index in [0.717, 1.165) is 117 Å². The Morgan fingerprint density at radius 2 is 0.354 bits per heavy atom. The quantitative estimate of drug-likeness (QED) is 0.106. The summed E-state index contributed by atoms with van der Waals surface area (Å²) in [6, 6.07) is 104. The Bertz CT molecular complexity index is 4720. The topological polar surface area (TPSA) is 103 Å². The van der Waals surface area contributed by atoms with Crippen LogP contribution in [0.3, 0.4) is 0 Å². The molecule has 16 rings (SSSR count). The van der Waals surface area contributed by atoms with E-state index in [-0.39, 0.29) is 0 Å². The lowest BCUT2D eigenvalue weighted by atomic mass is 9.91. The third kappa shape index (κ3) is 13.6. The van der Waals surface area contributed by atoms with Gasteiger partial charge >= 0.3 is 0 Å². The van der Waals surface area contributed by atoms with Gasteiger partial charge in [-0.2, -0.15) is 0 Å². The van der Waals surface area contributed by atoms with Gasteiger partial charge in [-0.15, -0.1) is 0 Å². The van der Waals surface area contributed by atoms with Crippen molar-refractivity contribution in [3.8, 4) is 156 Å². The molecule has 0 unspecified atom stereocenters. The zero-order chi connectivity index (χ0) is 64.2. The number of hydrogen-bond acceptors (Lipinski definition) is 8. The van der Waals surface area contributed by atoms with Crippen molar-refractivity contribution in [2.75, 3.05) is 0 Å². The van der Waals surface area contributed by atoms with Crippen LogP contribution in [-0.4, -0.2) is 39.9 Å². The van der Waals surface area contributed by atoms with Crippen molar-refractivity contribution in [3.05, 3.63) is 366 Å². The molecule has 0 bridgehead atoms. The molecule has 0 N–H and O–H groups in total. The van der Waals surface area contributed by atoms with E-state index in [2.05, 4.69) is 307 Å². The smallest absolute Gasteiger partial charge is 0.115 e. The predicted molar refractivity (Wildman–Crippen MR) is 391 cm³/mol. The fraction of sp³-hybridized carbons (Fsp3) is 0. The molecule has 96 heavy (non-hydrogen) atoms. The zero-order valence-electron chi connectivity index (χ0n) is 52.2. The first-order valence-corrected chi connectivity index (χ1v) is 31.8. The third-order valence-electron chi connectivity index (χ3n) is 17.2. The molecule has 0 aliphatic heterocycles. The fourth-order valence-corrected chi connectivity index (χ4v) is 12.3. The van der Waals surface area contributed by atoms with Crippen LogP contribution in [0.25, 0.3) is 156 Å². The molecule has 0 aliphatic rings. The van der Waals surface area contributed by atoms with Gasteiger partial charge in [0.2, 0.25) is 0 Å². The average Bonchev–Trinajstić information content (AvgIpc) is 0.840. The summed E-state index contributed by atoms with van der Waals surface area (Å²) in [6.07, 6.45) is 21.3. The fourth-order valence-electron chi connectivity index (χ4n) is 12.3. The van der Waals surface area contributed by atoms with Crippen LogP contribution in [-0.2, 0) is 0 Å². The molecule has 8 heteroatoms. The predicted octanol–water partition coefficient (Wildman–Crippen LogP) is 21.9. The lowest BCUT2D eigenvalue weighted by Crippen LogP contribution is -1.89. The number of pyridine rings is 2. The Morgan fingerprint density at radius 3 is 0.677 bits per heavy atom. The summed E-state index contributed by atoms with van der Waals surface area (Å²) in [5.41, 5.74) is 31.4. The van der Waals surface area contributed by atoms with E-state index in [9.17, 15) is 0 Å². The van der Waals surface area contributed by atoms with Crippen molar-refractivity contribution in [1.29, 1.82) is 0 Å². The van der Waals surface area contributed by atoms with E-state index < -0.39 is 0 Å². The molecule has 0 atom stereocenters. The first-order valence-electron chi connectivity index (χ1n) is 31.8. The Balaban J connectivity index is 0.000000158. The van der Waals surface area contributed by atoms with Gasteiger partial charge in [-0.05, 0) is 237 Å². The summed E-state index contributed by atoms with van der Waals surface area (Å²) in [5, 5.41) is 0. The summed E-state index contributed by atoms with van der Waals surface area (Å²) in [6.45, 7) is 0. The maximum Gasteiger partial charge on any atom is 0.115 e. The van der Waals surface area contributed by atoms with Gasteiger partial charge in [0.25, 0.3) is 0 Å². The van der Waals surface area contributed by atoms with Crippen molar-refractivity contribution in [3.63, 3.8) is 0 Å². The minimum atomic E-state index is 0.968. The van der Waals surface area contributed by atoms with Gasteiger partial charge in [-0.25, -0.2) is 29.9 Å². The van der Waals surface area contributed by atoms with Crippen molar-refractivity contribution in [2.24, 2.45) is 0 Å². The SMILES string of the molecule is c1cc(-c2ccncc2)cc(-c2cccc(-c3cc(-c4cncnc4)cc(-c4cccc(-c5cccc(-c6cncnc6)c5)c4)c3)c2)c1.c1ccc(-c2cc(-c3cccc(-c4cccc(-c5cncnc5)c4)c3)cc(-c3cccc(-c4cccc(-c5ccccn5)c4)c3)c2)cc1. The first-order chi connectivity index (χ1) is 47.5. The minimum absolute atomic E-state index is 0.968. The monoisotopic (exact) mass is 1230 g/mol. The van der Waals surface area contributed by atoms with Crippen LogP contribution < -0.4 is 0 Å². The molecule has 452 valence electrons. The van der Waals surface area contributed by atoms with Crippen molar-refractivity contribution in [1.82, 2.24) is 39.9 Å². The highest BCUT2D eigenvalue weighted by Crippen LogP contribution is 2.40. The minimum Gasteiger partial charge on any atom is -0.265 e. The maximum absolute atomic E-state index is 4.56. The Morgan fingerprint density at radius 1 is 0.135 bits per heavy atom. The molecule has 0 saturated carbocycles. The third-order valence-corrected chi connectivity index (χ3v) is 17.2. The molecule has 5 heterocycles. The van der Waals surface area contributed by atoms with Gasteiger partial charge in [0.05, 0.1) is 5.69 Å². The lowest BCUT2D eigenvalue weighted by Gasteiger charge is -2.14. The van der Waals surface area contributed by atoms with Gasteiger partial charge in [-0.1, -0.05) is 182 Å². The number of benzene rings is 11. The highest BCUT2D eigenvalue weighted by molar-refractivity contribution is 5.88. The molecule has 11 aromatic carbocycles. The molecule has 8 nitrogen and oxygen atoms in total. The van der Waals surface area contributed by atoms with Crippen LogP contribution in [0.2, 0.25) is 0 Å². The summed E-state index contributed by atoms with van der Waals surface area (Å²) in [5.74, 6) is 0. The molecule has 0 saturated heterocycles. The molecule has 0 fully saturated rings. The summed E-state index contributed by atoms with van der Waals surface area (Å²) in [4.78, 5) is 34.2. The van der Waals surface area contributed by atoms with Crippen molar-refractivity contribution < 1.29 is 0 Å². The standard InChI is InChI=1S/C45H31N3.C43H29N5/c1-2-10-32(11-3-1)41-26-42(37-16-6-12-33(22-37)35-14-8-18-39(24-35)44-29-46-31-47-30-44)28-43(27-41)38-17-7-13-34(23-38)36-15-9-19-40(25-36)45-20-4-5-21-48-45;1-5-31(30-13-15-44-16-14-30)17-32(6-1)33-7-2-10-36(18-33)39-21-40(23-41(22-39)43-26-47-29-48-27-43)37-11-3-8-34(19-37)35-9-4-12-38(20-35)42-24-45-28-46-25-42/h1-31H;1-29H. The molecule has 0 amide bonds. The Hall–Kier alpha value is -13.0. The van der Waals surface area contributed by atoms with E-state index in [1.807, 2.05) is 80.0 Å². The van der Waals surface area contributed by atoms with Crippen LogP contribution >= 0.6 is 0 Å². The van der Waals surface area contributed by atoms with E-state index in [0.29, 0.717) is 0 Å². The van der Waals surface area contributed by atoms with Crippen LogP contribution in [0.15, 0.2) is 366 Å². The van der Waals surface area contributed by atoms with Gasteiger partial charge in [0.15, 0.2) is 0 Å². The van der Waals surface area contributed by atoms with Gasteiger partial charge in [-0.3, -0.25) is 9.97 Å². The highest BCUT2D eigenvalue weighted by atomic mass is 14.8. The number of hydrogen-bond donors (Lipinski definition) is 0. The van der Waals surface area contributed by atoms with Crippen LogP contribution in [0.1, 0.15) is 0 Å². The van der Waals surface area contributed by atoms with Gasteiger partial charge in [0.1, 0.15) is 19.0 Å². The van der Waals surface area contributed by atoms with Gasteiger partial charge < -0.3 is 0 Å². The molecular weight excluding hydrogens is 1170 g/mol.